The molecule has 170 valence electrons. The topological polar surface area (TPSA) is 98.5 Å². The van der Waals surface area contributed by atoms with Gasteiger partial charge in [-0.15, -0.1) is 0 Å². The molecule has 0 radical (unpaired) electrons. The van der Waals surface area contributed by atoms with E-state index in [9.17, 15) is 18.3 Å². The van der Waals surface area contributed by atoms with Gasteiger partial charge in [0.05, 0.1) is 17.5 Å². The van der Waals surface area contributed by atoms with Gasteiger partial charge in [0.15, 0.2) is 4.90 Å². The van der Waals surface area contributed by atoms with Crippen molar-refractivity contribution in [2.45, 2.75) is 42.0 Å². The molecule has 1 N–H and O–H groups in total. The number of unbranched alkanes of at least 4 members (excludes halogenated alkanes) is 1. The van der Waals surface area contributed by atoms with Crippen molar-refractivity contribution in [2.75, 3.05) is 13.7 Å². The van der Waals surface area contributed by atoms with E-state index < -0.39 is 32.2 Å². The third-order valence-electron chi connectivity index (χ3n) is 5.10. The average Bonchev–Trinajstić information content (AvgIpc) is 2.77. The lowest BCUT2D eigenvalue weighted by atomic mass is 10.1. The fourth-order valence-corrected chi connectivity index (χ4v) is 5.11. The SMILES string of the molecule is CCCCc1nc(O)c(S(=O)(=O)c2ccc(Br)cc2)c(=O)n1[C@@H](COC)c1ccccc1. The summed E-state index contributed by atoms with van der Waals surface area (Å²) in [7, 11) is -2.80. The molecule has 0 amide bonds. The van der Waals surface area contributed by atoms with Crippen LogP contribution in [-0.2, 0) is 21.0 Å². The molecule has 7 nitrogen and oxygen atoms in total. The van der Waals surface area contributed by atoms with Crippen molar-refractivity contribution in [3.63, 3.8) is 0 Å². The number of ether oxygens (including phenoxy) is 1. The molecule has 1 aromatic heterocycles. The maximum atomic E-state index is 13.7. The van der Waals surface area contributed by atoms with E-state index in [2.05, 4.69) is 20.9 Å². The maximum absolute atomic E-state index is 13.7. The number of hydrogen-bond acceptors (Lipinski definition) is 6. The number of aromatic nitrogens is 2. The van der Waals surface area contributed by atoms with Gasteiger partial charge < -0.3 is 9.84 Å². The minimum absolute atomic E-state index is 0.106. The van der Waals surface area contributed by atoms with Gasteiger partial charge in [-0.1, -0.05) is 59.6 Å². The maximum Gasteiger partial charge on any atom is 0.277 e. The molecule has 0 fully saturated rings. The minimum atomic E-state index is -4.31. The Balaban J connectivity index is 2.30. The van der Waals surface area contributed by atoms with Gasteiger partial charge in [0.1, 0.15) is 5.82 Å². The third-order valence-corrected chi connectivity index (χ3v) is 7.41. The number of hydrogen-bond donors (Lipinski definition) is 1. The van der Waals surface area contributed by atoms with E-state index >= 15 is 0 Å². The zero-order valence-corrected chi connectivity index (χ0v) is 20.3. The Labute approximate surface area is 195 Å². The second-order valence-corrected chi connectivity index (χ2v) is 10.1. The van der Waals surface area contributed by atoms with Crippen LogP contribution in [0.5, 0.6) is 5.88 Å². The van der Waals surface area contributed by atoms with Gasteiger partial charge in [-0.3, -0.25) is 9.36 Å². The van der Waals surface area contributed by atoms with Crippen molar-refractivity contribution >= 4 is 25.8 Å². The highest BCUT2D eigenvalue weighted by atomic mass is 79.9. The Morgan fingerprint density at radius 1 is 1.12 bits per heavy atom. The van der Waals surface area contributed by atoms with E-state index in [0.29, 0.717) is 16.7 Å². The van der Waals surface area contributed by atoms with Crippen LogP contribution in [0, 0.1) is 0 Å². The lowest BCUT2D eigenvalue weighted by Gasteiger charge is -2.24. The standard InChI is InChI=1S/C23H25BrN2O5S/c1-3-4-10-20-25-22(27)21(32(29,30)18-13-11-17(24)12-14-18)23(28)26(20)19(15-31-2)16-8-6-5-7-9-16/h5-9,11-14,19,27H,3-4,10,15H2,1-2H3/t19-/m0/s1. The zero-order chi connectivity index (χ0) is 23.3. The number of rotatable bonds is 9. The summed E-state index contributed by atoms with van der Waals surface area (Å²) in [5, 5.41) is 10.6. The molecule has 9 heteroatoms. The van der Waals surface area contributed by atoms with Crippen molar-refractivity contribution in [3.8, 4) is 5.88 Å². The predicted octanol–water partition coefficient (Wildman–Crippen LogP) is 4.12. The Morgan fingerprint density at radius 3 is 2.38 bits per heavy atom. The van der Waals surface area contributed by atoms with Gasteiger partial charge in [0, 0.05) is 18.0 Å². The first kappa shape index (κ1) is 24.2. The minimum Gasteiger partial charge on any atom is -0.492 e. The number of aryl methyl sites for hydroxylation is 1. The van der Waals surface area contributed by atoms with Crippen molar-refractivity contribution in [2.24, 2.45) is 0 Å². The van der Waals surface area contributed by atoms with E-state index in [4.69, 9.17) is 4.74 Å². The van der Waals surface area contributed by atoms with E-state index in [1.807, 2.05) is 37.3 Å². The Morgan fingerprint density at radius 2 is 1.78 bits per heavy atom. The largest absolute Gasteiger partial charge is 0.492 e. The normalized spacial score (nSPS) is 12.6. The Hall–Kier alpha value is -2.49. The molecule has 0 spiro atoms. The number of halogens is 1. The van der Waals surface area contributed by atoms with Crippen molar-refractivity contribution in [3.05, 3.63) is 80.8 Å². The fourth-order valence-electron chi connectivity index (χ4n) is 3.50. The Kier molecular flexibility index (Phi) is 7.86. The zero-order valence-electron chi connectivity index (χ0n) is 17.9. The second-order valence-electron chi connectivity index (χ2n) is 7.30. The summed E-state index contributed by atoms with van der Waals surface area (Å²) >= 11 is 3.27. The van der Waals surface area contributed by atoms with Gasteiger partial charge in [0.2, 0.25) is 15.7 Å². The smallest absolute Gasteiger partial charge is 0.277 e. The van der Waals surface area contributed by atoms with Crippen LogP contribution in [0.2, 0.25) is 0 Å². The molecule has 1 atom stereocenters. The van der Waals surface area contributed by atoms with E-state index in [1.54, 1.807) is 12.1 Å². The number of aromatic hydroxyl groups is 1. The summed E-state index contributed by atoms with van der Waals surface area (Å²) in [5.41, 5.74) is -0.0499. The predicted molar refractivity (Wildman–Crippen MR) is 125 cm³/mol. The van der Waals surface area contributed by atoms with E-state index in [-0.39, 0.29) is 11.5 Å². The molecule has 0 unspecified atom stereocenters. The summed E-state index contributed by atoms with van der Waals surface area (Å²) in [6.45, 7) is 2.13. The van der Waals surface area contributed by atoms with Gasteiger partial charge >= 0.3 is 0 Å². The first-order chi connectivity index (χ1) is 15.3. The van der Waals surface area contributed by atoms with Crippen LogP contribution in [0.25, 0.3) is 0 Å². The highest BCUT2D eigenvalue weighted by Crippen LogP contribution is 2.28. The molecule has 3 rings (SSSR count). The van der Waals surface area contributed by atoms with E-state index in [0.717, 1.165) is 18.4 Å². The lowest BCUT2D eigenvalue weighted by Crippen LogP contribution is -2.35. The van der Waals surface area contributed by atoms with Gasteiger partial charge in [0.25, 0.3) is 5.56 Å². The van der Waals surface area contributed by atoms with Gasteiger partial charge in [-0.2, -0.15) is 4.98 Å². The molecular formula is C23H25BrN2O5S. The van der Waals surface area contributed by atoms with Crippen LogP contribution in [0.3, 0.4) is 0 Å². The quantitative estimate of drug-likeness (QED) is 0.455. The molecule has 0 aliphatic carbocycles. The molecule has 0 aliphatic rings. The third kappa shape index (κ3) is 4.95. The van der Waals surface area contributed by atoms with Gasteiger partial charge in [-0.05, 0) is 36.2 Å². The van der Waals surface area contributed by atoms with Crippen LogP contribution in [0.15, 0.2) is 73.7 Å². The van der Waals surface area contributed by atoms with Crippen molar-refractivity contribution in [1.29, 1.82) is 0 Å². The molecule has 0 bridgehead atoms. The molecule has 3 aromatic rings. The highest BCUT2D eigenvalue weighted by molar-refractivity contribution is 9.10. The summed E-state index contributed by atoms with van der Waals surface area (Å²) in [6, 6.07) is 14.5. The molecule has 32 heavy (non-hydrogen) atoms. The van der Waals surface area contributed by atoms with Gasteiger partial charge in [-0.25, -0.2) is 8.42 Å². The van der Waals surface area contributed by atoms with E-state index in [1.165, 1.54) is 23.8 Å². The number of sulfone groups is 1. The molecule has 2 aromatic carbocycles. The van der Waals surface area contributed by atoms with Crippen LogP contribution in [-0.4, -0.2) is 36.8 Å². The first-order valence-corrected chi connectivity index (χ1v) is 12.5. The summed E-state index contributed by atoms with van der Waals surface area (Å²) < 4.78 is 34.1. The fraction of sp³-hybridized carbons (Fsp3) is 0.304. The molecule has 0 saturated carbocycles. The Bertz CT molecular complexity index is 1230. The summed E-state index contributed by atoms with van der Waals surface area (Å²) in [6.07, 6.45) is 1.97. The number of benzene rings is 2. The lowest BCUT2D eigenvalue weighted by molar-refractivity contribution is 0.165. The second kappa shape index (κ2) is 10.4. The summed E-state index contributed by atoms with van der Waals surface area (Å²) in [4.78, 5) is 17.0. The van der Waals surface area contributed by atoms with Crippen LogP contribution < -0.4 is 5.56 Å². The van der Waals surface area contributed by atoms with Crippen LogP contribution in [0.4, 0.5) is 0 Å². The summed E-state index contributed by atoms with van der Waals surface area (Å²) in [5.74, 6) is -0.473. The monoisotopic (exact) mass is 520 g/mol. The average molecular weight is 521 g/mol. The highest BCUT2D eigenvalue weighted by Gasteiger charge is 2.31. The first-order valence-electron chi connectivity index (χ1n) is 10.2. The molecule has 0 aliphatic heterocycles. The van der Waals surface area contributed by atoms with Crippen molar-refractivity contribution < 1.29 is 18.3 Å². The number of methoxy groups -OCH3 is 1. The van der Waals surface area contributed by atoms with Crippen LogP contribution >= 0.6 is 15.9 Å². The van der Waals surface area contributed by atoms with Crippen LogP contribution in [0.1, 0.15) is 37.2 Å². The molecular weight excluding hydrogens is 496 g/mol. The van der Waals surface area contributed by atoms with Crippen molar-refractivity contribution in [1.82, 2.24) is 9.55 Å². The molecule has 0 saturated heterocycles. The molecule has 1 heterocycles. The number of nitrogens with zero attached hydrogens (tertiary/aromatic N) is 2.